The van der Waals surface area contributed by atoms with Crippen molar-refractivity contribution >= 4 is 17.7 Å². The van der Waals surface area contributed by atoms with E-state index in [2.05, 4.69) is 5.32 Å². The Balaban J connectivity index is 2.15. The third-order valence-corrected chi connectivity index (χ3v) is 3.53. The first-order valence-corrected chi connectivity index (χ1v) is 8.10. The van der Waals surface area contributed by atoms with Gasteiger partial charge in [-0.2, -0.15) is 0 Å². The number of benzene rings is 2. The van der Waals surface area contributed by atoms with Crippen molar-refractivity contribution in [2.75, 3.05) is 32.8 Å². The van der Waals surface area contributed by atoms with Crippen LogP contribution in [0, 0.1) is 0 Å². The van der Waals surface area contributed by atoms with Crippen LogP contribution in [-0.4, -0.2) is 44.6 Å². The summed E-state index contributed by atoms with van der Waals surface area (Å²) < 4.78 is 20.7. The van der Waals surface area contributed by atoms with E-state index in [0.717, 1.165) is 5.56 Å². The fraction of sp³-hybridized carbons (Fsp3) is 0.263. The Morgan fingerprint density at radius 2 is 1.78 bits per heavy atom. The maximum absolute atomic E-state index is 12.1. The van der Waals surface area contributed by atoms with E-state index in [9.17, 15) is 14.7 Å². The Labute approximate surface area is 156 Å². The number of nitrogens with one attached hydrogen (secondary N) is 1. The Hall–Kier alpha value is -3.26. The molecule has 2 aromatic carbocycles. The Kier molecular flexibility index (Phi) is 7.45. The summed E-state index contributed by atoms with van der Waals surface area (Å²) in [5.41, 5.74) is 0.695. The molecule has 2 rings (SSSR count). The molecule has 0 atom stereocenters. The molecule has 0 heterocycles. The Bertz CT molecular complexity index is 777. The smallest absolute Gasteiger partial charge is 0.411 e. The van der Waals surface area contributed by atoms with Gasteiger partial charge in [0.1, 0.15) is 13.2 Å². The minimum atomic E-state index is -1.23. The van der Waals surface area contributed by atoms with Crippen molar-refractivity contribution in [3.63, 3.8) is 0 Å². The van der Waals surface area contributed by atoms with Gasteiger partial charge in [0.25, 0.3) is 0 Å². The number of anilines is 1. The third kappa shape index (κ3) is 5.89. The minimum absolute atomic E-state index is 0.0359. The third-order valence-electron chi connectivity index (χ3n) is 3.53. The van der Waals surface area contributed by atoms with Crippen LogP contribution in [0.2, 0.25) is 0 Å². The Morgan fingerprint density at radius 3 is 2.41 bits per heavy atom. The molecule has 0 saturated carbocycles. The molecule has 0 unspecified atom stereocenters. The maximum Gasteiger partial charge on any atom is 0.411 e. The van der Waals surface area contributed by atoms with E-state index in [1.54, 1.807) is 0 Å². The quantitative estimate of drug-likeness (QED) is 0.649. The number of rotatable bonds is 9. The maximum atomic E-state index is 12.1. The summed E-state index contributed by atoms with van der Waals surface area (Å²) in [6.45, 7) is 0.630. The monoisotopic (exact) mass is 375 g/mol. The lowest BCUT2D eigenvalue weighted by Gasteiger charge is -2.15. The minimum Gasteiger partial charge on any atom is -0.493 e. The molecule has 0 aliphatic rings. The summed E-state index contributed by atoms with van der Waals surface area (Å²) in [7, 11) is 2.93. The van der Waals surface area contributed by atoms with Gasteiger partial charge in [-0.25, -0.2) is 9.59 Å². The highest BCUT2D eigenvalue weighted by Gasteiger charge is 2.19. The highest BCUT2D eigenvalue weighted by Crippen LogP contribution is 2.34. The van der Waals surface area contributed by atoms with Crippen molar-refractivity contribution in [3.8, 4) is 11.5 Å². The van der Waals surface area contributed by atoms with Gasteiger partial charge in [0, 0.05) is 19.2 Å². The van der Waals surface area contributed by atoms with Crippen LogP contribution in [-0.2, 0) is 16.1 Å². The molecular weight excluding hydrogens is 354 g/mol. The molecule has 8 nitrogen and oxygen atoms in total. The first-order valence-electron chi connectivity index (χ1n) is 8.10. The molecule has 0 fully saturated rings. The molecule has 1 amide bonds. The molecule has 0 aliphatic heterocycles. The number of hydrogen-bond donors (Lipinski definition) is 2. The van der Waals surface area contributed by atoms with Crippen LogP contribution in [0.25, 0.3) is 0 Å². The van der Waals surface area contributed by atoms with Gasteiger partial charge in [-0.05, 0) is 5.56 Å². The van der Waals surface area contributed by atoms with Gasteiger partial charge in [-0.1, -0.05) is 30.3 Å². The number of hydrogen-bond acceptors (Lipinski definition) is 6. The molecule has 0 aromatic heterocycles. The summed E-state index contributed by atoms with van der Waals surface area (Å²) in [5, 5.41) is 11.8. The second-order valence-electron chi connectivity index (χ2n) is 5.38. The van der Waals surface area contributed by atoms with Crippen molar-refractivity contribution in [3.05, 3.63) is 53.6 Å². The fourth-order valence-electron chi connectivity index (χ4n) is 2.22. The molecule has 2 aromatic rings. The van der Waals surface area contributed by atoms with Gasteiger partial charge in [0.05, 0.1) is 25.0 Å². The van der Waals surface area contributed by atoms with E-state index in [-0.39, 0.29) is 36.0 Å². The SMILES string of the molecule is COCCOc1cc(NC(=O)OCc2ccccc2)c(C(=O)O)cc1OC. The van der Waals surface area contributed by atoms with Crippen LogP contribution in [0.3, 0.4) is 0 Å². The number of methoxy groups -OCH3 is 2. The van der Waals surface area contributed by atoms with Gasteiger partial charge in [-0.3, -0.25) is 5.32 Å². The van der Waals surface area contributed by atoms with Crippen molar-refractivity contribution in [2.45, 2.75) is 6.61 Å². The molecule has 0 radical (unpaired) electrons. The van der Waals surface area contributed by atoms with Gasteiger partial charge < -0.3 is 24.1 Å². The molecule has 27 heavy (non-hydrogen) atoms. The van der Waals surface area contributed by atoms with Gasteiger partial charge in [-0.15, -0.1) is 0 Å². The van der Waals surface area contributed by atoms with Gasteiger partial charge >= 0.3 is 12.1 Å². The van der Waals surface area contributed by atoms with E-state index in [1.807, 2.05) is 30.3 Å². The summed E-state index contributed by atoms with van der Waals surface area (Å²) in [5.74, 6) is -0.722. The predicted octanol–water partition coefficient (Wildman–Crippen LogP) is 3.17. The normalized spacial score (nSPS) is 10.1. The molecule has 0 bridgehead atoms. The van der Waals surface area contributed by atoms with Crippen LogP contribution < -0.4 is 14.8 Å². The molecule has 0 aliphatic carbocycles. The van der Waals surface area contributed by atoms with Gasteiger partial charge in [0.2, 0.25) is 0 Å². The van der Waals surface area contributed by atoms with E-state index in [4.69, 9.17) is 18.9 Å². The number of carboxylic acids is 1. The zero-order chi connectivity index (χ0) is 19.6. The zero-order valence-corrected chi connectivity index (χ0v) is 15.1. The van der Waals surface area contributed by atoms with Crippen molar-refractivity contribution in [1.82, 2.24) is 0 Å². The molecule has 0 spiro atoms. The summed E-state index contributed by atoms with van der Waals surface area (Å²) in [6, 6.07) is 11.8. The summed E-state index contributed by atoms with van der Waals surface area (Å²) in [4.78, 5) is 23.6. The number of ether oxygens (including phenoxy) is 4. The number of carbonyl (C=O) groups is 2. The van der Waals surface area contributed by atoms with E-state index < -0.39 is 12.1 Å². The lowest BCUT2D eigenvalue weighted by atomic mass is 10.1. The second kappa shape index (κ2) is 10.0. The molecular formula is C19H21NO7. The second-order valence-corrected chi connectivity index (χ2v) is 5.38. The van der Waals surface area contributed by atoms with Crippen LogP contribution >= 0.6 is 0 Å². The van der Waals surface area contributed by atoms with E-state index in [1.165, 1.54) is 26.4 Å². The van der Waals surface area contributed by atoms with E-state index in [0.29, 0.717) is 6.61 Å². The average Bonchev–Trinajstić information content (AvgIpc) is 2.67. The average molecular weight is 375 g/mol. The van der Waals surface area contributed by atoms with Crippen LogP contribution in [0.4, 0.5) is 10.5 Å². The standard InChI is InChI=1S/C19H21NO7/c1-24-8-9-26-17-11-15(14(18(21)22)10-16(17)25-2)20-19(23)27-12-13-6-4-3-5-7-13/h3-7,10-11H,8-9,12H2,1-2H3,(H,20,23)(H,21,22). The summed E-state index contributed by atoms with van der Waals surface area (Å²) in [6.07, 6.45) is -0.783. The van der Waals surface area contributed by atoms with E-state index >= 15 is 0 Å². The first-order chi connectivity index (χ1) is 13.0. The lowest BCUT2D eigenvalue weighted by Crippen LogP contribution is -2.16. The number of carboxylic acid groups (broad SMARTS) is 1. The van der Waals surface area contributed by atoms with Crippen LogP contribution in [0.15, 0.2) is 42.5 Å². The van der Waals surface area contributed by atoms with Crippen molar-refractivity contribution in [1.29, 1.82) is 0 Å². The Morgan fingerprint density at radius 1 is 1.04 bits per heavy atom. The number of carbonyl (C=O) groups excluding carboxylic acids is 1. The van der Waals surface area contributed by atoms with Crippen LogP contribution in [0.1, 0.15) is 15.9 Å². The van der Waals surface area contributed by atoms with Crippen molar-refractivity contribution in [2.24, 2.45) is 0 Å². The highest BCUT2D eigenvalue weighted by atomic mass is 16.5. The number of aromatic carboxylic acids is 1. The molecule has 8 heteroatoms. The fourth-order valence-corrected chi connectivity index (χ4v) is 2.22. The molecule has 2 N–H and O–H groups in total. The first kappa shape index (κ1) is 20.1. The van der Waals surface area contributed by atoms with Crippen molar-refractivity contribution < 1.29 is 33.6 Å². The summed E-state index contributed by atoms with van der Waals surface area (Å²) >= 11 is 0. The van der Waals surface area contributed by atoms with Gasteiger partial charge in [0.15, 0.2) is 11.5 Å². The van der Waals surface area contributed by atoms with Crippen LogP contribution in [0.5, 0.6) is 11.5 Å². The number of amides is 1. The lowest BCUT2D eigenvalue weighted by molar-refractivity contribution is 0.0697. The topological polar surface area (TPSA) is 103 Å². The molecule has 144 valence electrons. The predicted molar refractivity (Wildman–Crippen MR) is 97.6 cm³/mol. The largest absolute Gasteiger partial charge is 0.493 e. The highest BCUT2D eigenvalue weighted by molar-refractivity contribution is 5.99. The zero-order valence-electron chi connectivity index (χ0n) is 15.1. The molecule has 0 saturated heterocycles.